The second-order valence-electron chi connectivity index (χ2n) is 6.57. The predicted octanol–water partition coefficient (Wildman–Crippen LogP) is 6.26. The average Bonchev–Trinajstić information content (AvgIpc) is 2.51. The van der Waals surface area contributed by atoms with Crippen molar-refractivity contribution in [3.05, 3.63) is 52.8 Å². The summed E-state index contributed by atoms with van der Waals surface area (Å²) in [5, 5.41) is 0.188. The van der Waals surface area contributed by atoms with Gasteiger partial charge in [0.15, 0.2) is 0 Å². The Morgan fingerprint density at radius 1 is 1.14 bits per heavy atom. The monoisotopic (exact) mass is 304 g/mol. The SMILES string of the molecule is C[C@H]1CC[C@H](C2C=CC(c3ccc(Cl)c(F)c3)=CC2)CC1. The van der Waals surface area contributed by atoms with Crippen LogP contribution < -0.4 is 0 Å². The van der Waals surface area contributed by atoms with Gasteiger partial charge in [-0.1, -0.05) is 55.7 Å². The predicted molar refractivity (Wildman–Crippen MR) is 87.8 cm³/mol. The molecule has 2 aliphatic rings. The molecule has 1 fully saturated rings. The van der Waals surface area contributed by atoms with Crippen molar-refractivity contribution in [2.45, 2.75) is 39.0 Å². The van der Waals surface area contributed by atoms with E-state index in [2.05, 4.69) is 25.2 Å². The van der Waals surface area contributed by atoms with Crippen LogP contribution in [0, 0.1) is 23.6 Å². The van der Waals surface area contributed by atoms with Gasteiger partial charge in [-0.2, -0.15) is 0 Å². The van der Waals surface area contributed by atoms with E-state index in [0.717, 1.165) is 29.4 Å². The third-order valence-electron chi connectivity index (χ3n) is 5.05. The lowest BCUT2D eigenvalue weighted by molar-refractivity contribution is 0.240. The first-order valence-electron chi connectivity index (χ1n) is 7.97. The molecule has 0 spiro atoms. The molecule has 0 radical (unpaired) electrons. The van der Waals surface area contributed by atoms with Crippen LogP contribution in [0.15, 0.2) is 36.4 Å². The summed E-state index contributed by atoms with van der Waals surface area (Å²) in [4.78, 5) is 0. The van der Waals surface area contributed by atoms with Gasteiger partial charge < -0.3 is 0 Å². The maximum absolute atomic E-state index is 13.6. The second-order valence-corrected chi connectivity index (χ2v) is 6.97. The molecule has 112 valence electrons. The van der Waals surface area contributed by atoms with E-state index in [1.807, 2.05) is 6.07 Å². The first-order valence-corrected chi connectivity index (χ1v) is 8.35. The fraction of sp³-hybridized carbons (Fsp3) is 0.474. The lowest BCUT2D eigenvalue weighted by atomic mass is 9.74. The Labute approximate surface area is 131 Å². The van der Waals surface area contributed by atoms with Gasteiger partial charge in [0.1, 0.15) is 5.82 Å². The van der Waals surface area contributed by atoms with Crippen LogP contribution in [-0.4, -0.2) is 0 Å². The Bertz CT molecular complexity index is 565. The van der Waals surface area contributed by atoms with E-state index in [9.17, 15) is 4.39 Å². The lowest BCUT2D eigenvalue weighted by Crippen LogP contribution is -2.20. The van der Waals surface area contributed by atoms with E-state index < -0.39 is 0 Å². The highest BCUT2D eigenvalue weighted by Crippen LogP contribution is 2.38. The zero-order chi connectivity index (χ0) is 14.8. The van der Waals surface area contributed by atoms with Gasteiger partial charge in [0.2, 0.25) is 0 Å². The zero-order valence-corrected chi connectivity index (χ0v) is 13.2. The Kier molecular flexibility index (Phi) is 4.49. The van der Waals surface area contributed by atoms with E-state index in [1.165, 1.54) is 31.7 Å². The summed E-state index contributed by atoms with van der Waals surface area (Å²) in [6.07, 6.45) is 13.3. The highest BCUT2D eigenvalue weighted by atomic mass is 35.5. The highest BCUT2D eigenvalue weighted by Gasteiger charge is 2.25. The summed E-state index contributed by atoms with van der Waals surface area (Å²) in [6.45, 7) is 2.36. The van der Waals surface area contributed by atoms with Crippen LogP contribution in [0.1, 0.15) is 44.6 Å². The molecule has 0 N–H and O–H groups in total. The van der Waals surface area contributed by atoms with E-state index >= 15 is 0 Å². The van der Waals surface area contributed by atoms with Crippen molar-refractivity contribution in [3.8, 4) is 0 Å². The maximum atomic E-state index is 13.6. The molecule has 1 atom stereocenters. The summed E-state index contributed by atoms with van der Waals surface area (Å²) < 4.78 is 13.6. The van der Waals surface area contributed by atoms with Gasteiger partial charge in [0, 0.05) is 0 Å². The van der Waals surface area contributed by atoms with Gasteiger partial charge in [-0.25, -0.2) is 4.39 Å². The normalized spacial score (nSPS) is 29.3. The van der Waals surface area contributed by atoms with Crippen molar-refractivity contribution in [2.75, 3.05) is 0 Å². The summed E-state index contributed by atoms with van der Waals surface area (Å²) in [7, 11) is 0. The largest absolute Gasteiger partial charge is 0.205 e. The Morgan fingerprint density at radius 2 is 1.90 bits per heavy atom. The maximum Gasteiger partial charge on any atom is 0.142 e. The van der Waals surface area contributed by atoms with Gasteiger partial charge in [0.05, 0.1) is 5.02 Å². The third-order valence-corrected chi connectivity index (χ3v) is 5.36. The Hall–Kier alpha value is -1.08. The highest BCUT2D eigenvalue weighted by molar-refractivity contribution is 6.30. The molecule has 1 saturated carbocycles. The van der Waals surface area contributed by atoms with Crippen LogP contribution in [0.3, 0.4) is 0 Å². The van der Waals surface area contributed by atoms with Crippen LogP contribution in [0.2, 0.25) is 5.02 Å². The zero-order valence-electron chi connectivity index (χ0n) is 12.5. The molecule has 0 aliphatic heterocycles. The number of hydrogen-bond acceptors (Lipinski definition) is 0. The number of halogens is 2. The molecule has 0 saturated heterocycles. The molecule has 0 bridgehead atoms. The number of rotatable bonds is 2. The van der Waals surface area contributed by atoms with E-state index in [1.54, 1.807) is 6.07 Å². The molecular weight excluding hydrogens is 283 g/mol. The molecule has 21 heavy (non-hydrogen) atoms. The van der Waals surface area contributed by atoms with Crippen molar-refractivity contribution in [2.24, 2.45) is 17.8 Å². The van der Waals surface area contributed by atoms with Crippen molar-refractivity contribution < 1.29 is 4.39 Å². The van der Waals surface area contributed by atoms with E-state index in [0.29, 0.717) is 5.92 Å². The van der Waals surface area contributed by atoms with Gasteiger partial charge in [-0.05, 0) is 60.3 Å². The molecule has 1 aromatic carbocycles. The lowest BCUT2D eigenvalue weighted by Gasteiger charge is -2.32. The molecule has 0 amide bonds. The molecule has 0 heterocycles. The standard InChI is InChI=1S/C19H22ClF/c1-13-2-4-14(5-3-13)15-6-8-16(9-7-15)17-10-11-18(20)19(21)12-17/h6,8-15H,2-5,7H2,1H3/t13-,14-,15?. The molecular formula is C19H22ClF. The van der Waals surface area contributed by atoms with Crippen molar-refractivity contribution in [3.63, 3.8) is 0 Å². The number of benzene rings is 1. The summed E-state index contributed by atoms with van der Waals surface area (Å²) in [5.41, 5.74) is 2.04. The molecule has 2 heteroatoms. The van der Waals surface area contributed by atoms with Crippen LogP contribution >= 0.6 is 11.6 Å². The van der Waals surface area contributed by atoms with Crippen molar-refractivity contribution in [1.29, 1.82) is 0 Å². The van der Waals surface area contributed by atoms with Crippen molar-refractivity contribution >= 4 is 17.2 Å². The van der Waals surface area contributed by atoms with E-state index in [4.69, 9.17) is 11.6 Å². The number of hydrogen-bond donors (Lipinski definition) is 0. The topological polar surface area (TPSA) is 0 Å². The minimum Gasteiger partial charge on any atom is -0.205 e. The molecule has 1 unspecified atom stereocenters. The molecule has 0 aromatic heterocycles. The third kappa shape index (κ3) is 3.40. The quantitative estimate of drug-likeness (QED) is 0.604. The second kappa shape index (κ2) is 6.36. The van der Waals surface area contributed by atoms with Crippen LogP contribution in [0.5, 0.6) is 0 Å². The van der Waals surface area contributed by atoms with Crippen LogP contribution in [-0.2, 0) is 0 Å². The Morgan fingerprint density at radius 3 is 2.52 bits per heavy atom. The number of allylic oxidation sites excluding steroid dienone is 4. The first kappa shape index (κ1) is 14.8. The van der Waals surface area contributed by atoms with E-state index in [-0.39, 0.29) is 10.8 Å². The smallest absolute Gasteiger partial charge is 0.142 e. The van der Waals surface area contributed by atoms with Gasteiger partial charge in [0.25, 0.3) is 0 Å². The minimum atomic E-state index is -0.341. The fourth-order valence-corrected chi connectivity index (χ4v) is 3.71. The summed E-state index contributed by atoms with van der Waals surface area (Å²) in [6, 6.07) is 5.06. The van der Waals surface area contributed by atoms with Crippen LogP contribution in [0.4, 0.5) is 4.39 Å². The average molecular weight is 305 g/mol. The van der Waals surface area contributed by atoms with Crippen LogP contribution in [0.25, 0.3) is 5.57 Å². The first-order chi connectivity index (χ1) is 10.1. The fourth-order valence-electron chi connectivity index (χ4n) is 3.59. The molecule has 1 aromatic rings. The summed E-state index contributed by atoms with van der Waals surface area (Å²) in [5.74, 6) is 2.06. The molecule has 3 rings (SSSR count). The van der Waals surface area contributed by atoms with Gasteiger partial charge >= 0.3 is 0 Å². The van der Waals surface area contributed by atoms with Crippen molar-refractivity contribution in [1.82, 2.24) is 0 Å². The Balaban J connectivity index is 1.67. The van der Waals surface area contributed by atoms with Gasteiger partial charge in [-0.3, -0.25) is 0 Å². The molecule has 0 nitrogen and oxygen atoms in total. The summed E-state index contributed by atoms with van der Waals surface area (Å²) >= 11 is 5.74. The minimum absolute atomic E-state index is 0.188. The molecule has 2 aliphatic carbocycles. The van der Waals surface area contributed by atoms with Gasteiger partial charge in [-0.15, -0.1) is 0 Å².